The summed E-state index contributed by atoms with van der Waals surface area (Å²) in [6.07, 6.45) is 0. The lowest BCUT2D eigenvalue weighted by atomic mass is 9.33. The quantitative estimate of drug-likeness (QED) is 0.120. The predicted octanol–water partition coefficient (Wildman–Crippen LogP) is 19.8. The first kappa shape index (κ1) is 54.4. The summed E-state index contributed by atoms with van der Waals surface area (Å²) < 4.78 is 2.39. The number of hydrogen-bond donors (Lipinski definition) is 0. The molecule has 3 aromatic heterocycles. The van der Waals surface area contributed by atoms with Crippen LogP contribution in [0.4, 0.5) is 34.1 Å². The van der Waals surface area contributed by atoms with E-state index in [9.17, 15) is 0 Å². The van der Waals surface area contributed by atoms with Crippen LogP contribution in [0.1, 0.15) is 0 Å². The summed E-state index contributed by atoms with van der Waals surface area (Å²) in [6.45, 7) is -0.00241. The van der Waals surface area contributed by atoms with Crippen LogP contribution in [0.25, 0.3) is 118 Å². The van der Waals surface area contributed by atoms with Gasteiger partial charge in [-0.05, 0) is 136 Å². The predicted molar refractivity (Wildman–Crippen MR) is 389 cm³/mol. The number of benzene rings is 13. The van der Waals surface area contributed by atoms with Crippen molar-refractivity contribution in [2.45, 2.75) is 0 Å². The van der Waals surface area contributed by atoms with Gasteiger partial charge in [0.05, 0.1) is 39.5 Å². The van der Waals surface area contributed by atoms with Crippen LogP contribution in [0.3, 0.4) is 0 Å². The summed E-state index contributed by atoms with van der Waals surface area (Å²) in [7, 11) is 0. The van der Waals surface area contributed by atoms with E-state index in [0.29, 0.717) is 11.6 Å². The fraction of sp³-hybridized carbons (Fsp3) is 0. The Balaban J connectivity index is 0.864. The van der Waals surface area contributed by atoms with E-state index in [2.05, 4.69) is 330 Å². The molecule has 0 fully saturated rings. The average Bonchev–Trinajstić information content (AvgIpc) is 0.817. The summed E-state index contributed by atoms with van der Waals surface area (Å²) >= 11 is 0. The molecular weight excluding hydrogens is 1140 g/mol. The van der Waals surface area contributed by atoms with Gasteiger partial charge in [-0.25, -0.2) is 19.9 Å². The van der Waals surface area contributed by atoms with Crippen LogP contribution in [0.15, 0.2) is 340 Å². The van der Waals surface area contributed by atoms with E-state index >= 15 is 0 Å². The van der Waals surface area contributed by atoms with Crippen molar-refractivity contribution in [3.63, 3.8) is 0 Å². The standard InChI is InChI=1S/C86H56BN7/c1-7-26-57(27-8-1)62-46-48-78-69(51-62)68-40-19-22-43-77(68)94(78)79-49-47-64(76-55-73(58-28-9-2-10-29-58)88-85(89-76)60-32-13-4-14-33-60)52-70(79)86-90-74(59-30-11-3-12-31-59)56-75(91-86)63-35-25-34-61(50-63)65-53-82-84-83(54-65)93(67-38-17-6-18-39-67)81-45-24-21-42-72(81)87(84)71-41-20-23-44-80(71)92(82)66-36-15-5-16-37-66/h1-56H. The second-order valence-electron chi connectivity index (χ2n) is 24.1. The highest BCUT2D eigenvalue weighted by molar-refractivity contribution is 7.00. The van der Waals surface area contributed by atoms with Crippen molar-refractivity contribution in [2.24, 2.45) is 0 Å². The third-order valence-electron chi connectivity index (χ3n) is 18.6. The molecule has 2 aliphatic heterocycles. The molecule has 0 N–H and O–H groups in total. The SMILES string of the molecule is c1ccc(-c2ccc3c(c2)c2ccccc2n3-c2ccc(-c3cc(-c4ccccc4)nc(-c4ccccc4)n3)cc2-c2nc(-c3ccccc3)cc(-c3cccc(-c4cc5c6c(c4)N(c4ccccc4)c4ccccc4B6c4ccccc4N5c4ccccc4)c3)n2)cc1. The minimum Gasteiger partial charge on any atom is -0.311 e. The Morgan fingerprint density at radius 3 is 1.24 bits per heavy atom. The Morgan fingerprint density at radius 2 is 0.660 bits per heavy atom. The van der Waals surface area contributed by atoms with Crippen LogP contribution >= 0.6 is 0 Å². The van der Waals surface area contributed by atoms with Crippen LogP contribution in [0.5, 0.6) is 0 Å². The van der Waals surface area contributed by atoms with Gasteiger partial charge in [0.15, 0.2) is 11.6 Å². The molecule has 0 amide bonds. The highest BCUT2D eigenvalue weighted by Gasteiger charge is 2.43. The van der Waals surface area contributed by atoms with Crippen molar-refractivity contribution >= 4 is 79.0 Å². The number of hydrogen-bond acceptors (Lipinski definition) is 6. The summed E-state index contributed by atoms with van der Waals surface area (Å²) in [5.41, 5.74) is 27.0. The Morgan fingerprint density at radius 1 is 0.234 bits per heavy atom. The molecule has 0 radical (unpaired) electrons. The summed E-state index contributed by atoms with van der Waals surface area (Å²) in [4.78, 5) is 27.0. The molecule has 0 saturated heterocycles. The number of anilines is 6. The molecule has 0 saturated carbocycles. The monoisotopic (exact) mass is 1200 g/mol. The van der Waals surface area contributed by atoms with E-state index in [4.69, 9.17) is 19.9 Å². The van der Waals surface area contributed by atoms with E-state index in [1.165, 1.54) is 33.3 Å². The maximum Gasteiger partial charge on any atom is 0.252 e. The summed E-state index contributed by atoms with van der Waals surface area (Å²) in [5, 5.41) is 2.30. The number of fused-ring (bicyclic) bond motifs is 7. The fourth-order valence-electron chi connectivity index (χ4n) is 14.3. The highest BCUT2D eigenvalue weighted by atomic mass is 15.2. The molecule has 16 aromatic rings. The lowest BCUT2D eigenvalue weighted by molar-refractivity contribution is 1.13. The fourth-order valence-corrected chi connectivity index (χ4v) is 14.3. The minimum atomic E-state index is -0.00241. The molecule has 18 rings (SSSR count). The zero-order chi connectivity index (χ0) is 62.1. The molecule has 438 valence electrons. The van der Waals surface area contributed by atoms with Gasteiger partial charge in [-0.15, -0.1) is 0 Å². The van der Waals surface area contributed by atoms with Crippen molar-refractivity contribution in [3.05, 3.63) is 340 Å². The van der Waals surface area contributed by atoms with Gasteiger partial charge < -0.3 is 14.4 Å². The number of nitrogens with zero attached hydrogens (tertiary/aromatic N) is 7. The topological polar surface area (TPSA) is 63.0 Å². The van der Waals surface area contributed by atoms with Crippen molar-refractivity contribution in [1.82, 2.24) is 24.5 Å². The number of para-hydroxylation sites is 5. The Hall–Kier alpha value is -12.5. The lowest BCUT2D eigenvalue weighted by Gasteiger charge is -2.44. The molecule has 8 heteroatoms. The van der Waals surface area contributed by atoms with Gasteiger partial charge in [0, 0.05) is 78.3 Å². The molecule has 0 bridgehead atoms. The van der Waals surface area contributed by atoms with Gasteiger partial charge in [-0.1, -0.05) is 243 Å². The third-order valence-corrected chi connectivity index (χ3v) is 18.6. The normalized spacial score (nSPS) is 12.2. The van der Waals surface area contributed by atoms with E-state index in [-0.39, 0.29) is 6.71 Å². The van der Waals surface area contributed by atoms with Gasteiger partial charge in [0.2, 0.25) is 0 Å². The Kier molecular flexibility index (Phi) is 13.2. The molecule has 0 atom stereocenters. The molecule has 0 spiro atoms. The zero-order valence-electron chi connectivity index (χ0n) is 51.0. The van der Waals surface area contributed by atoms with E-state index in [0.717, 1.165) is 123 Å². The first-order chi connectivity index (χ1) is 46.6. The van der Waals surface area contributed by atoms with Gasteiger partial charge in [0.25, 0.3) is 6.71 Å². The van der Waals surface area contributed by atoms with Gasteiger partial charge >= 0.3 is 0 Å². The molecule has 7 nitrogen and oxygen atoms in total. The lowest BCUT2D eigenvalue weighted by Crippen LogP contribution is -2.61. The van der Waals surface area contributed by atoms with Crippen molar-refractivity contribution in [2.75, 3.05) is 9.80 Å². The largest absolute Gasteiger partial charge is 0.311 e. The third kappa shape index (κ3) is 9.38. The van der Waals surface area contributed by atoms with E-state index < -0.39 is 0 Å². The van der Waals surface area contributed by atoms with Crippen LogP contribution in [-0.4, -0.2) is 31.2 Å². The minimum absolute atomic E-state index is 0.00241. The van der Waals surface area contributed by atoms with Crippen molar-refractivity contribution < 1.29 is 0 Å². The maximum absolute atomic E-state index is 5.79. The van der Waals surface area contributed by atoms with E-state index in [1.54, 1.807) is 0 Å². The second-order valence-corrected chi connectivity index (χ2v) is 24.1. The molecular formula is C86H56BN7. The van der Waals surface area contributed by atoms with Crippen LogP contribution in [0.2, 0.25) is 0 Å². The first-order valence-electron chi connectivity index (χ1n) is 32.0. The van der Waals surface area contributed by atoms with Gasteiger partial charge in [-0.3, -0.25) is 0 Å². The van der Waals surface area contributed by atoms with Crippen LogP contribution in [0, 0.1) is 0 Å². The Labute approximate surface area is 545 Å². The highest BCUT2D eigenvalue weighted by Crippen LogP contribution is 2.47. The first-order valence-corrected chi connectivity index (χ1v) is 32.0. The zero-order valence-corrected chi connectivity index (χ0v) is 51.0. The summed E-state index contributed by atoms with van der Waals surface area (Å²) in [6, 6.07) is 121. The molecule has 0 unspecified atom stereocenters. The molecule has 5 heterocycles. The molecule has 94 heavy (non-hydrogen) atoms. The summed E-state index contributed by atoms with van der Waals surface area (Å²) in [5.74, 6) is 1.21. The molecule has 0 aliphatic carbocycles. The van der Waals surface area contributed by atoms with Crippen molar-refractivity contribution in [1.29, 1.82) is 0 Å². The van der Waals surface area contributed by atoms with Crippen molar-refractivity contribution in [3.8, 4) is 95.7 Å². The Bertz CT molecular complexity index is 5400. The van der Waals surface area contributed by atoms with Gasteiger partial charge in [0.1, 0.15) is 0 Å². The van der Waals surface area contributed by atoms with Crippen LogP contribution < -0.4 is 26.2 Å². The van der Waals surface area contributed by atoms with Gasteiger partial charge in [-0.2, -0.15) is 0 Å². The molecule has 2 aliphatic rings. The maximum atomic E-state index is 5.79. The number of aromatic nitrogens is 5. The van der Waals surface area contributed by atoms with E-state index in [1.807, 2.05) is 24.3 Å². The average molecular weight is 1200 g/mol. The number of rotatable bonds is 11. The van der Waals surface area contributed by atoms with Crippen LogP contribution in [-0.2, 0) is 0 Å². The smallest absolute Gasteiger partial charge is 0.252 e. The molecule has 13 aromatic carbocycles. The second kappa shape index (κ2) is 22.8.